The summed E-state index contributed by atoms with van der Waals surface area (Å²) in [5.41, 5.74) is 2.07. The van der Waals surface area contributed by atoms with Crippen LogP contribution in [-0.4, -0.2) is 50.7 Å². The number of hydrogen-bond acceptors (Lipinski definition) is 3. The van der Waals surface area contributed by atoms with Gasteiger partial charge in [0.25, 0.3) is 5.91 Å². The van der Waals surface area contributed by atoms with Crippen molar-refractivity contribution >= 4 is 5.91 Å². The van der Waals surface area contributed by atoms with Crippen molar-refractivity contribution in [1.82, 2.24) is 19.6 Å². The summed E-state index contributed by atoms with van der Waals surface area (Å²) in [5.74, 6) is 0.141. The van der Waals surface area contributed by atoms with Gasteiger partial charge in [-0.15, -0.1) is 0 Å². The van der Waals surface area contributed by atoms with E-state index >= 15 is 0 Å². The van der Waals surface area contributed by atoms with Gasteiger partial charge >= 0.3 is 0 Å². The Kier molecular flexibility index (Phi) is 4.57. The van der Waals surface area contributed by atoms with Gasteiger partial charge in [0.15, 0.2) is 0 Å². The first kappa shape index (κ1) is 16.3. The summed E-state index contributed by atoms with van der Waals surface area (Å²) in [5, 5.41) is 4.16. The number of aryl methyl sites for hydroxylation is 1. The van der Waals surface area contributed by atoms with Gasteiger partial charge in [0, 0.05) is 38.4 Å². The second kappa shape index (κ2) is 7.00. The molecule has 0 saturated carbocycles. The van der Waals surface area contributed by atoms with E-state index in [-0.39, 0.29) is 5.91 Å². The number of carbonyl (C=O) groups excluding carboxylic acids is 1. The molecule has 0 aliphatic carbocycles. The first-order chi connectivity index (χ1) is 12.2. The molecule has 2 saturated heterocycles. The van der Waals surface area contributed by atoms with Crippen LogP contribution in [0.25, 0.3) is 0 Å². The van der Waals surface area contributed by atoms with E-state index in [1.54, 1.807) is 10.9 Å². The minimum absolute atomic E-state index is 0.141. The molecule has 0 N–H and O–H groups in total. The van der Waals surface area contributed by atoms with Crippen LogP contribution in [0.1, 0.15) is 41.6 Å². The van der Waals surface area contributed by atoms with Gasteiger partial charge in [-0.1, -0.05) is 30.3 Å². The number of nitrogens with zero attached hydrogens (tertiary/aromatic N) is 4. The first-order valence-corrected chi connectivity index (χ1v) is 9.30. The minimum atomic E-state index is 0.141. The normalized spacial score (nSPS) is 24.1. The molecule has 4 rings (SSSR count). The zero-order valence-electron chi connectivity index (χ0n) is 14.8. The summed E-state index contributed by atoms with van der Waals surface area (Å²) < 4.78 is 1.70. The zero-order chi connectivity index (χ0) is 17.2. The fourth-order valence-corrected chi connectivity index (χ4v) is 4.44. The molecule has 0 unspecified atom stereocenters. The molecule has 5 nitrogen and oxygen atoms in total. The molecule has 1 aromatic heterocycles. The van der Waals surface area contributed by atoms with E-state index in [1.165, 1.54) is 18.4 Å². The number of aromatic nitrogens is 2. The quantitative estimate of drug-likeness (QED) is 0.861. The van der Waals surface area contributed by atoms with Crippen LogP contribution in [0.2, 0.25) is 0 Å². The average molecular weight is 338 g/mol. The highest BCUT2D eigenvalue weighted by Crippen LogP contribution is 2.32. The number of benzene rings is 1. The first-order valence-electron chi connectivity index (χ1n) is 9.30. The van der Waals surface area contributed by atoms with Crippen LogP contribution >= 0.6 is 0 Å². The maximum atomic E-state index is 12.9. The van der Waals surface area contributed by atoms with E-state index in [0.29, 0.717) is 17.6 Å². The van der Waals surface area contributed by atoms with Crippen LogP contribution in [0.5, 0.6) is 0 Å². The predicted octanol–water partition coefficient (Wildman–Crippen LogP) is 2.69. The number of rotatable bonds is 4. The third kappa shape index (κ3) is 3.33. The highest BCUT2D eigenvalue weighted by atomic mass is 16.2. The maximum absolute atomic E-state index is 12.9. The van der Waals surface area contributed by atoms with Gasteiger partial charge in [0.05, 0.1) is 11.8 Å². The van der Waals surface area contributed by atoms with Crippen molar-refractivity contribution in [2.75, 3.05) is 13.1 Å². The van der Waals surface area contributed by atoms with Crippen molar-refractivity contribution in [3.8, 4) is 0 Å². The van der Waals surface area contributed by atoms with Crippen molar-refractivity contribution in [3.05, 3.63) is 53.9 Å². The molecule has 0 bridgehead atoms. The molecule has 1 aromatic carbocycles. The third-order valence-electron chi connectivity index (χ3n) is 5.60. The van der Waals surface area contributed by atoms with Crippen molar-refractivity contribution in [1.29, 1.82) is 0 Å². The van der Waals surface area contributed by atoms with Gasteiger partial charge in [0.2, 0.25) is 0 Å². The predicted molar refractivity (Wildman–Crippen MR) is 97.1 cm³/mol. The molecule has 2 fully saturated rings. The lowest BCUT2D eigenvalue weighted by atomic mass is 10.0. The van der Waals surface area contributed by atoms with Gasteiger partial charge in [-0.05, 0) is 37.8 Å². The Morgan fingerprint density at radius 3 is 2.64 bits per heavy atom. The molecule has 0 radical (unpaired) electrons. The second-order valence-corrected chi connectivity index (χ2v) is 7.28. The van der Waals surface area contributed by atoms with Crippen LogP contribution in [0.3, 0.4) is 0 Å². The lowest BCUT2D eigenvalue weighted by Gasteiger charge is -2.35. The highest BCUT2D eigenvalue weighted by molar-refractivity contribution is 5.94. The topological polar surface area (TPSA) is 41.4 Å². The molecule has 5 heteroatoms. The van der Waals surface area contributed by atoms with Crippen molar-refractivity contribution < 1.29 is 4.79 Å². The molecule has 3 heterocycles. The Balaban J connectivity index is 1.50. The number of likely N-dealkylation sites (tertiary alicyclic amines) is 2. The lowest BCUT2D eigenvalue weighted by molar-refractivity contribution is 0.0639. The largest absolute Gasteiger partial charge is 0.334 e. The van der Waals surface area contributed by atoms with Crippen LogP contribution in [-0.2, 0) is 13.6 Å². The molecule has 2 aromatic rings. The van der Waals surface area contributed by atoms with Gasteiger partial charge in [-0.2, -0.15) is 5.10 Å². The lowest BCUT2D eigenvalue weighted by Crippen LogP contribution is -2.48. The summed E-state index contributed by atoms with van der Waals surface area (Å²) in [4.78, 5) is 17.6. The van der Waals surface area contributed by atoms with Crippen molar-refractivity contribution in [2.45, 2.75) is 44.3 Å². The standard InChI is InChI=1S/C20H26N4O/c1-22-15-17(13-21-22)20(25)24-12-6-10-19(24)18-9-5-11-23(18)14-16-7-3-2-4-8-16/h2-4,7-8,13,15,18-19H,5-6,9-12,14H2,1H3/t18-,19-/m1/s1. The molecule has 2 aliphatic heterocycles. The van der Waals surface area contributed by atoms with E-state index in [9.17, 15) is 4.79 Å². The van der Waals surface area contributed by atoms with Crippen LogP contribution in [0.15, 0.2) is 42.7 Å². The SMILES string of the molecule is Cn1cc(C(=O)N2CCC[C@@H]2[C@H]2CCCN2Cc2ccccc2)cn1. The van der Waals surface area contributed by atoms with Crippen LogP contribution in [0, 0.1) is 0 Å². The average Bonchev–Trinajstić information content (AvgIpc) is 3.35. The van der Waals surface area contributed by atoms with Crippen LogP contribution in [0.4, 0.5) is 0 Å². The molecular formula is C20H26N4O. The van der Waals surface area contributed by atoms with E-state index < -0.39 is 0 Å². The van der Waals surface area contributed by atoms with Gasteiger partial charge in [-0.25, -0.2) is 0 Å². The Labute approximate surface area is 149 Å². The molecule has 2 atom stereocenters. The highest BCUT2D eigenvalue weighted by Gasteiger charge is 2.40. The molecule has 25 heavy (non-hydrogen) atoms. The fourth-order valence-electron chi connectivity index (χ4n) is 4.44. The van der Waals surface area contributed by atoms with E-state index in [2.05, 4.69) is 45.2 Å². The summed E-state index contributed by atoms with van der Waals surface area (Å²) in [6.07, 6.45) is 8.15. The molecule has 132 valence electrons. The van der Waals surface area contributed by atoms with E-state index in [4.69, 9.17) is 0 Å². The summed E-state index contributed by atoms with van der Waals surface area (Å²) in [6, 6.07) is 11.5. The van der Waals surface area contributed by atoms with Gasteiger partial charge in [-0.3, -0.25) is 14.4 Å². The van der Waals surface area contributed by atoms with Crippen molar-refractivity contribution in [3.63, 3.8) is 0 Å². The Bertz CT molecular complexity index is 726. The monoisotopic (exact) mass is 338 g/mol. The number of amides is 1. The van der Waals surface area contributed by atoms with E-state index in [0.717, 1.165) is 32.5 Å². The maximum Gasteiger partial charge on any atom is 0.257 e. The van der Waals surface area contributed by atoms with Crippen molar-refractivity contribution in [2.24, 2.45) is 7.05 Å². The Morgan fingerprint density at radius 2 is 1.88 bits per heavy atom. The zero-order valence-corrected chi connectivity index (χ0v) is 14.8. The number of hydrogen-bond donors (Lipinski definition) is 0. The minimum Gasteiger partial charge on any atom is -0.334 e. The van der Waals surface area contributed by atoms with Gasteiger partial charge < -0.3 is 4.90 Å². The molecule has 1 amide bonds. The summed E-state index contributed by atoms with van der Waals surface area (Å²) >= 11 is 0. The van der Waals surface area contributed by atoms with Crippen LogP contribution < -0.4 is 0 Å². The Hall–Kier alpha value is -2.14. The Morgan fingerprint density at radius 1 is 1.12 bits per heavy atom. The fraction of sp³-hybridized carbons (Fsp3) is 0.500. The van der Waals surface area contributed by atoms with Gasteiger partial charge in [0.1, 0.15) is 0 Å². The molecule has 2 aliphatic rings. The molecular weight excluding hydrogens is 312 g/mol. The number of carbonyl (C=O) groups is 1. The third-order valence-corrected chi connectivity index (χ3v) is 5.60. The smallest absolute Gasteiger partial charge is 0.257 e. The second-order valence-electron chi connectivity index (χ2n) is 7.28. The molecule has 0 spiro atoms. The van der Waals surface area contributed by atoms with E-state index in [1.807, 2.05) is 13.2 Å². The summed E-state index contributed by atoms with van der Waals surface area (Å²) in [6.45, 7) is 2.98. The summed E-state index contributed by atoms with van der Waals surface area (Å²) in [7, 11) is 1.86.